The van der Waals surface area contributed by atoms with Gasteiger partial charge in [0.15, 0.2) is 0 Å². The fourth-order valence-electron chi connectivity index (χ4n) is 4.55. The first kappa shape index (κ1) is 35.3. The van der Waals surface area contributed by atoms with Crippen LogP contribution >= 0.6 is 0 Å². The van der Waals surface area contributed by atoms with Gasteiger partial charge in [-0.15, -0.1) is 0 Å². The molecule has 0 saturated heterocycles. The number of carbonyl (C=O) groups is 3. The summed E-state index contributed by atoms with van der Waals surface area (Å²) in [5, 5.41) is 16.8. The molecule has 0 aliphatic rings. The third-order valence-electron chi connectivity index (χ3n) is 7.20. The van der Waals surface area contributed by atoms with Crippen LogP contribution in [0.25, 0.3) is 0 Å². The molecule has 0 aliphatic heterocycles. The smallest absolute Gasteiger partial charge is 0.255 e. The first-order valence-corrected chi connectivity index (χ1v) is 14.4. The minimum absolute atomic E-state index is 0.0117. The van der Waals surface area contributed by atoms with Crippen LogP contribution in [0, 0.1) is 23.7 Å². The van der Waals surface area contributed by atoms with Crippen molar-refractivity contribution in [3.05, 3.63) is 29.8 Å². The lowest BCUT2D eigenvalue weighted by Gasteiger charge is -2.30. The molecule has 228 valence electrons. The number of para-hydroxylation sites is 1. The van der Waals surface area contributed by atoms with Gasteiger partial charge in [0.1, 0.15) is 5.75 Å². The number of primary amides is 1. The van der Waals surface area contributed by atoms with Crippen LogP contribution in [0.3, 0.4) is 0 Å². The first-order chi connectivity index (χ1) is 18.9. The van der Waals surface area contributed by atoms with Gasteiger partial charge in [0.2, 0.25) is 11.8 Å². The predicted octanol–water partition coefficient (Wildman–Crippen LogP) is 2.61. The molecular weight excluding hydrogens is 512 g/mol. The molecular formula is C30H52N4O6. The monoisotopic (exact) mass is 564 g/mol. The van der Waals surface area contributed by atoms with E-state index in [4.69, 9.17) is 20.9 Å². The second kappa shape index (κ2) is 18.6. The summed E-state index contributed by atoms with van der Waals surface area (Å²) >= 11 is 0. The first-order valence-electron chi connectivity index (χ1n) is 14.4. The zero-order chi connectivity index (χ0) is 30.2. The Kier molecular flexibility index (Phi) is 16.4. The van der Waals surface area contributed by atoms with Crippen molar-refractivity contribution in [2.24, 2.45) is 35.1 Å². The number of hydrogen-bond acceptors (Lipinski definition) is 7. The highest BCUT2D eigenvalue weighted by Gasteiger charge is 2.30. The molecule has 1 aromatic rings. The van der Waals surface area contributed by atoms with Gasteiger partial charge in [-0.1, -0.05) is 39.8 Å². The number of aliphatic hydroxyl groups is 1. The molecule has 0 radical (unpaired) electrons. The zero-order valence-electron chi connectivity index (χ0n) is 25.2. The molecule has 0 heterocycles. The molecule has 0 aliphatic carbocycles. The van der Waals surface area contributed by atoms with Gasteiger partial charge < -0.3 is 36.7 Å². The third-order valence-corrected chi connectivity index (χ3v) is 7.20. The van der Waals surface area contributed by atoms with Crippen molar-refractivity contribution < 1.29 is 29.0 Å². The highest BCUT2D eigenvalue weighted by atomic mass is 16.5. The molecule has 10 heteroatoms. The Labute approximate surface area is 239 Å². The average molecular weight is 565 g/mol. The topological polar surface area (TPSA) is 166 Å². The Morgan fingerprint density at radius 1 is 0.975 bits per heavy atom. The highest BCUT2D eigenvalue weighted by molar-refractivity contribution is 5.96. The van der Waals surface area contributed by atoms with Crippen molar-refractivity contribution in [2.45, 2.75) is 84.9 Å². The maximum absolute atomic E-state index is 13.0. The van der Waals surface area contributed by atoms with Crippen LogP contribution in [-0.4, -0.2) is 67.9 Å². The maximum atomic E-state index is 13.0. The van der Waals surface area contributed by atoms with E-state index >= 15 is 0 Å². The number of benzene rings is 1. The Balaban J connectivity index is 2.74. The summed E-state index contributed by atoms with van der Waals surface area (Å²) < 4.78 is 10.9. The maximum Gasteiger partial charge on any atom is 0.255 e. The molecule has 1 rings (SSSR count). The van der Waals surface area contributed by atoms with Gasteiger partial charge in [-0.25, -0.2) is 0 Å². The van der Waals surface area contributed by atoms with Gasteiger partial charge in [0.05, 0.1) is 18.3 Å². The Morgan fingerprint density at radius 2 is 1.62 bits per heavy atom. The molecule has 1 aromatic carbocycles. The van der Waals surface area contributed by atoms with Crippen LogP contribution in [0.15, 0.2) is 24.3 Å². The molecule has 0 bridgehead atoms. The number of amides is 3. The molecule has 0 spiro atoms. The van der Waals surface area contributed by atoms with Crippen LogP contribution in [0.1, 0.15) is 77.1 Å². The number of aliphatic hydroxyl groups excluding tert-OH is 1. The second-order valence-electron chi connectivity index (χ2n) is 11.4. The summed E-state index contributed by atoms with van der Waals surface area (Å²) in [6.07, 6.45) is 1.51. The van der Waals surface area contributed by atoms with E-state index in [9.17, 15) is 19.5 Å². The molecule has 0 aromatic heterocycles. The number of methoxy groups -OCH3 is 1. The summed E-state index contributed by atoms with van der Waals surface area (Å²) in [7, 11) is 1.66. The lowest BCUT2D eigenvalue weighted by atomic mass is 9.83. The van der Waals surface area contributed by atoms with Gasteiger partial charge in [0, 0.05) is 44.7 Å². The van der Waals surface area contributed by atoms with Crippen molar-refractivity contribution in [3.63, 3.8) is 0 Å². The van der Waals surface area contributed by atoms with E-state index in [1.54, 1.807) is 32.2 Å². The number of nitrogens with two attached hydrogens (primary N) is 2. The Hall–Kier alpha value is -2.69. The molecule has 0 fully saturated rings. The van der Waals surface area contributed by atoms with Crippen molar-refractivity contribution in [1.29, 1.82) is 0 Å². The standard InChI is InChI=1S/C30H52N4O6/c1-19(2)22(18-33-29(37)23-11-7-8-12-27(23)40-14-10-9-13-39-6)16-25(31)26(35)17-24(20(3)4)30(38)34-21(5)15-28(32)36/h7-8,11-12,19-22,24-26,35H,9-10,13-18,31H2,1-6H3,(H2,32,36)(H,33,37)(H,34,38). The quantitative estimate of drug-likeness (QED) is 0.152. The van der Waals surface area contributed by atoms with E-state index in [-0.39, 0.29) is 42.4 Å². The lowest BCUT2D eigenvalue weighted by molar-refractivity contribution is -0.128. The number of nitrogens with one attached hydrogen (secondary N) is 2. The minimum Gasteiger partial charge on any atom is -0.493 e. The Morgan fingerprint density at radius 3 is 2.23 bits per heavy atom. The highest BCUT2D eigenvalue weighted by Crippen LogP contribution is 2.24. The van der Waals surface area contributed by atoms with Gasteiger partial charge in [-0.05, 0) is 62.5 Å². The van der Waals surface area contributed by atoms with Crippen molar-refractivity contribution in [2.75, 3.05) is 26.9 Å². The molecule has 5 atom stereocenters. The third kappa shape index (κ3) is 13.1. The molecule has 0 saturated carbocycles. The number of unbranched alkanes of at least 4 members (excludes halogenated alkanes) is 1. The van der Waals surface area contributed by atoms with E-state index in [1.807, 2.05) is 19.9 Å². The predicted molar refractivity (Wildman–Crippen MR) is 157 cm³/mol. The fourth-order valence-corrected chi connectivity index (χ4v) is 4.55. The molecule has 10 nitrogen and oxygen atoms in total. The fraction of sp³-hybridized carbons (Fsp3) is 0.700. The summed E-state index contributed by atoms with van der Waals surface area (Å²) in [6, 6.07) is 6.19. The molecule has 40 heavy (non-hydrogen) atoms. The number of carbonyl (C=O) groups excluding carboxylic acids is 3. The van der Waals surface area contributed by atoms with E-state index in [2.05, 4.69) is 24.5 Å². The van der Waals surface area contributed by atoms with Crippen molar-refractivity contribution >= 4 is 17.7 Å². The SMILES string of the molecule is COCCCCOc1ccccc1C(=O)NCC(CC(N)C(O)CC(C(=O)NC(C)CC(N)=O)C(C)C)C(C)C. The van der Waals surface area contributed by atoms with Crippen LogP contribution in [0.4, 0.5) is 0 Å². The molecule has 7 N–H and O–H groups in total. The Bertz CT molecular complexity index is 910. The van der Waals surface area contributed by atoms with Crippen LogP contribution in [0.5, 0.6) is 5.75 Å². The zero-order valence-corrected chi connectivity index (χ0v) is 25.2. The molecule has 3 amide bonds. The van der Waals surface area contributed by atoms with E-state index < -0.39 is 30.0 Å². The van der Waals surface area contributed by atoms with E-state index in [0.717, 1.165) is 12.8 Å². The summed E-state index contributed by atoms with van der Waals surface area (Å²) in [5.74, 6) is -0.714. The number of hydrogen-bond donors (Lipinski definition) is 5. The molecule has 5 unspecified atom stereocenters. The van der Waals surface area contributed by atoms with E-state index in [0.29, 0.717) is 37.5 Å². The summed E-state index contributed by atoms with van der Waals surface area (Å²) in [4.78, 5) is 37.0. The second-order valence-corrected chi connectivity index (χ2v) is 11.4. The van der Waals surface area contributed by atoms with Crippen LogP contribution in [-0.2, 0) is 14.3 Å². The summed E-state index contributed by atoms with van der Waals surface area (Å²) in [6.45, 7) is 11.2. The largest absolute Gasteiger partial charge is 0.493 e. The van der Waals surface area contributed by atoms with Gasteiger partial charge >= 0.3 is 0 Å². The average Bonchev–Trinajstić information content (AvgIpc) is 2.88. The van der Waals surface area contributed by atoms with Crippen molar-refractivity contribution in [3.8, 4) is 5.75 Å². The van der Waals surface area contributed by atoms with Gasteiger partial charge in [0.25, 0.3) is 5.91 Å². The van der Waals surface area contributed by atoms with Gasteiger partial charge in [-0.2, -0.15) is 0 Å². The van der Waals surface area contributed by atoms with Crippen LogP contribution in [0.2, 0.25) is 0 Å². The number of ether oxygens (including phenoxy) is 2. The van der Waals surface area contributed by atoms with Crippen LogP contribution < -0.4 is 26.8 Å². The van der Waals surface area contributed by atoms with E-state index in [1.165, 1.54) is 0 Å². The van der Waals surface area contributed by atoms with Gasteiger partial charge in [-0.3, -0.25) is 14.4 Å². The summed E-state index contributed by atoms with van der Waals surface area (Å²) in [5.41, 5.74) is 12.1. The lowest BCUT2D eigenvalue weighted by Crippen LogP contribution is -2.45. The normalized spacial score (nSPS) is 15.2. The minimum atomic E-state index is -0.909. The van der Waals surface area contributed by atoms with Crippen molar-refractivity contribution in [1.82, 2.24) is 10.6 Å². The number of rotatable bonds is 20.